The number of anilines is 1. The molecule has 1 aliphatic heterocycles. The van der Waals surface area contributed by atoms with Crippen molar-refractivity contribution in [3.63, 3.8) is 0 Å². The molecule has 1 atom stereocenters. The lowest BCUT2D eigenvalue weighted by Crippen LogP contribution is -2.55. The van der Waals surface area contributed by atoms with Gasteiger partial charge in [0.25, 0.3) is 5.72 Å². The zero-order valence-electron chi connectivity index (χ0n) is 16.9. The van der Waals surface area contributed by atoms with Crippen molar-refractivity contribution in [2.45, 2.75) is 18.3 Å². The monoisotopic (exact) mass is 483 g/mol. The van der Waals surface area contributed by atoms with Crippen molar-refractivity contribution in [2.75, 3.05) is 19.2 Å². The summed E-state index contributed by atoms with van der Waals surface area (Å²) in [5.74, 6) is 0.756. The van der Waals surface area contributed by atoms with Crippen LogP contribution in [0.2, 0.25) is 5.02 Å². The molecule has 0 fully saturated rings. The van der Waals surface area contributed by atoms with Crippen molar-refractivity contribution in [1.82, 2.24) is 4.98 Å². The number of hydrazone groups is 1. The highest BCUT2D eigenvalue weighted by Crippen LogP contribution is 2.45. The number of aliphatic hydroxyl groups is 1. The maximum absolute atomic E-state index is 14.0. The van der Waals surface area contributed by atoms with E-state index in [9.17, 15) is 18.3 Å². The van der Waals surface area contributed by atoms with Gasteiger partial charge in [-0.25, -0.2) is 4.98 Å². The van der Waals surface area contributed by atoms with Gasteiger partial charge in [-0.3, -0.25) is 0 Å². The predicted octanol–water partition coefficient (Wildman–Crippen LogP) is 5.35. The number of benzene rings is 2. The highest BCUT2D eigenvalue weighted by atomic mass is 35.5. The van der Waals surface area contributed by atoms with E-state index in [4.69, 9.17) is 21.1 Å². The fourth-order valence-electron chi connectivity index (χ4n) is 3.26. The summed E-state index contributed by atoms with van der Waals surface area (Å²) in [7, 11) is 2.87. The molecule has 0 saturated carbocycles. The topological polar surface area (TPSA) is 67.2 Å². The van der Waals surface area contributed by atoms with E-state index in [1.165, 1.54) is 20.3 Å². The van der Waals surface area contributed by atoms with Crippen LogP contribution in [0.25, 0.3) is 11.3 Å². The molecule has 1 N–H and O–H groups in total. The van der Waals surface area contributed by atoms with Gasteiger partial charge < -0.3 is 14.6 Å². The van der Waals surface area contributed by atoms with Gasteiger partial charge >= 0.3 is 6.18 Å². The van der Waals surface area contributed by atoms with Gasteiger partial charge in [0.05, 0.1) is 32.0 Å². The van der Waals surface area contributed by atoms with Crippen molar-refractivity contribution >= 4 is 33.8 Å². The summed E-state index contributed by atoms with van der Waals surface area (Å²) in [6, 6.07) is 11.4. The number of methoxy groups -OCH3 is 2. The van der Waals surface area contributed by atoms with E-state index in [1.807, 2.05) is 0 Å². The molecule has 168 valence electrons. The van der Waals surface area contributed by atoms with E-state index >= 15 is 0 Å². The molecule has 2 aromatic carbocycles. The maximum Gasteiger partial charge on any atom is 0.438 e. The van der Waals surface area contributed by atoms with Crippen molar-refractivity contribution in [2.24, 2.45) is 5.10 Å². The molecule has 1 aromatic heterocycles. The Bertz CT molecular complexity index is 1170. The Kier molecular flexibility index (Phi) is 5.78. The van der Waals surface area contributed by atoms with Crippen molar-refractivity contribution in [1.29, 1.82) is 0 Å². The number of halogens is 4. The molecule has 2 heterocycles. The van der Waals surface area contributed by atoms with Crippen molar-refractivity contribution in [3.8, 4) is 22.8 Å². The molecule has 1 aliphatic rings. The molecule has 0 spiro atoms. The molecule has 32 heavy (non-hydrogen) atoms. The Morgan fingerprint density at radius 2 is 1.72 bits per heavy atom. The quantitative estimate of drug-likeness (QED) is 0.530. The van der Waals surface area contributed by atoms with Crippen molar-refractivity contribution < 1.29 is 27.8 Å². The first-order chi connectivity index (χ1) is 15.2. The standard InChI is InChI=1S/C21H17ClF3N3O3S/c1-30-17-8-5-13(9-18(17)31-2)15-10-20(29,21(23,24)25)28(27-15)19-26-16(11-32-19)12-3-6-14(22)7-4-12/h3-9,11,29H,10H2,1-2H3. The van der Waals surface area contributed by atoms with E-state index in [0.717, 1.165) is 11.3 Å². The summed E-state index contributed by atoms with van der Waals surface area (Å²) in [6.45, 7) is 0. The summed E-state index contributed by atoms with van der Waals surface area (Å²) < 4.78 is 52.3. The third kappa shape index (κ3) is 3.89. The van der Waals surface area contributed by atoms with Gasteiger partial charge in [-0.2, -0.15) is 23.3 Å². The van der Waals surface area contributed by atoms with E-state index in [1.54, 1.807) is 41.8 Å². The summed E-state index contributed by atoms with van der Waals surface area (Å²) in [4.78, 5) is 4.28. The van der Waals surface area contributed by atoms with Crippen molar-refractivity contribution in [3.05, 3.63) is 58.4 Å². The summed E-state index contributed by atoms with van der Waals surface area (Å²) in [6.07, 6.45) is -5.76. The van der Waals surface area contributed by atoms with Crippen LogP contribution in [0, 0.1) is 0 Å². The predicted molar refractivity (Wildman–Crippen MR) is 117 cm³/mol. The van der Waals surface area contributed by atoms with Crippen LogP contribution in [0.15, 0.2) is 52.9 Å². The smallest absolute Gasteiger partial charge is 0.438 e. The van der Waals surface area contributed by atoms with Crippen LogP contribution in [0.5, 0.6) is 11.5 Å². The lowest BCUT2D eigenvalue weighted by atomic mass is 10.0. The van der Waals surface area contributed by atoms with Crippen LogP contribution < -0.4 is 14.5 Å². The molecule has 0 radical (unpaired) electrons. The lowest BCUT2D eigenvalue weighted by Gasteiger charge is -2.32. The first-order valence-corrected chi connectivity index (χ1v) is 10.5. The van der Waals surface area contributed by atoms with Gasteiger partial charge in [-0.15, -0.1) is 11.3 Å². The average molecular weight is 484 g/mol. The second kappa shape index (κ2) is 8.27. The zero-order valence-corrected chi connectivity index (χ0v) is 18.4. The van der Waals surface area contributed by atoms with Crippen LogP contribution in [0.3, 0.4) is 0 Å². The molecule has 11 heteroatoms. The molecule has 0 bridgehead atoms. The van der Waals surface area contributed by atoms with Crippen LogP contribution in [-0.4, -0.2) is 41.9 Å². The second-order valence-corrected chi connectivity index (χ2v) is 8.21. The van der Waals surface area contributed by atoms with E-state index in [0.29, 0.717) is 38.4 Å². The molecule has 0 amide bonds. The number of hydrogen-bond donors (Lipinski definition) is 1. The third-order valence-corrected chi connectivity index (χ3v) is 6.04. The highest BCUT2D eigenvalue weighted by molar-refractivity contribution is 7.14. The summed E-state index contributed by atoms with van der Waals surface area (Å²) in [5, 5.41) is 17.4. The maximum atomic E-state index is 14.0. The average Bonchev–Trinajstić information content (AvgIpc) is 3.39. The fourth-order valence-corrected chi connectivity index (χ4v) is 4.23. The number of aromatic nitrogens is 1. The molecule has 6 nitrogen and oxygen atoms in total. The first kappa shape index (κ1) is 22.4. The minimum atomic E-state index is -4.99. The number of hydrogen-bond acceptors (Lipinski definition) is 7. The van der Waals surface area contributed by atoms with E-state index in [2.05, 4.69) is 10.1 Å². The van der Waals surface area contributed by atoms with Gasteiger partial charge in [0, 0.05) is 21.5 Å². The molecule has 0 saturated heterocycles. The molecule has 3 aromatic rings. The number of rotatable bonds is 5. The molecular formula is C21H17ClF3N3O3S. The molecular weight excluding hydrogens is 467 g/mol. The first-order valence-electron chi connectivity index (χ1n) is 9.27. The van der Waals surface area contributed by atoms with Crippen LogP contribution in [0.1, 0.15) is 12.0 Å². The molecule has 4 rings (SSSR count). The summed E-state index contributed by atoms with van der Waals surface area (Å²) >= 11 is 6.84. The lowest BCUT2D eigenvalue weighted by molar-refractivity contribution is -0.254. The van der Waals surface area contributed by atoms with Gasteiger partial charge in [-0.1, -0.05) is 23.7 Å². The number of ether oxygens (including phenoxy) is 2. The highest BCUT2D eigenvalue weighted by Gasteiger charge is 2.62. The SMILES string of the molecule is COc1ccc(C2=NN(c3nc(-c4ccc(Cl)cc4)cs3)C(O)(C(F)(F)F)C2)cc1OC. The Morgan fingerprint density at radius 3 is 2.34 bits per heavy atom. The largest absolute Gasteiger partial charge is 0.493 e. The van der Waals surface area contributed by atoms with Gasteiger partial charge in [0.2, 0.25) is 5.13 Å². The Balaban J connectivity index is 1.75. The third-order valence-electron chi connectivity index (χ3n) is 4.97. The fraction of sp³-hybridized carbons (Fsp3) is 0.238. The second-order valence-electron chi connectivity index (χ2n) is 6.94. The van der Waals surface area contributed by atoms with Crippen LogP contribution in [-0.2, 0) is 0 Å². The minimum absolute atomic E-state index is 0.0361. The molecule has 1 unspecified atom stereocenters. The minimum Gasteiger partial charge on any atom is -0.493 e. The van der Waals surface area contributed by atoms with Crippen LogP contribution in [0.4, 0.5) is 18.3 Å². The Hall–Kier alpha value is -2.82. The van der Waals surface area contributed by atoms with Crippen LogP contribution >= 0.6 is 22.9 Å². The Labute approximate surface area is 190 Å². The van der Waals surface area contributed by atoms with Gasteiger partial charge in [0.15, 0.2) is 11.5 Å². The number of alkyl halides is 3. The normalized spacial score (nSPS) is 18.6. The zero-order chi connectivity index (χ0) is 23.1. The Morgan fingerprint density at radius 1 is 1.06 bits per heavy atom. The van der Waals surface area contributed by atoms with Gasteiger partial charge in [-0.05, 0) is 30.3 Å². The molecule has 0 aliphatic carbocycles. The number of thiazole rings is 1. The van der Waals surface area contributed by atoms with E-state index in [-0.39, 0.29) is 10.8 Å². The summed E-state index contributed by atoms with van der Waals surface area (Å²) in [5.41, 5.74) is -1.72. The van der Waals surface area contributed by atoms with Gasteiger partial charge in [0.1, 0.15) is 0 Å². The number of nitrogens with zero attached hydrogens (tertiary/aromatic N) is 3. The van der Waals surface area contributed by atoms with E-state index < -0.39 is 18.3 Å².